The number of hydrogen-bond donors (Lipinski definition) is 0. The summed E-state index contributed by atoms with van der Waals surface area (Å²) in [6, 6.07) is 5.43. The lowest BCUT2D eigenvalue weighted by atomic mass is 10.1. The molecule has 0 aliphatic rings. The molecule has 0 bridgehead atoms. The Morgan fingerprint density at radius 1 is 1.50 bits per heavy atom. The van der Waals surface area contributed by atoms with E-state index in [0.717, 1.165) is 10.4 Å². The second-order valence-electron chi connectivity index (χ2n) is 2.77. The smallest absolute Gasteiger partial charge is 0.253 e. The molecule has 1 rings (SSSR count). The van der Waals surface area contributed by atoms with Gasteiger partial charge in [0.25, 0.3) is 5.24 Å². The Hall–Kier alpha value is -1.34. The van der Waals surface area contributed by atoms with E-state index in [-0.39, 0.29) is 0 Å². The van der Waals surface area contributed by atoms with E-state index in [1.807, 2.05) is 25.1 Å². The molecule has 0 saturated carbocycles. The van der Waals surface area contributed by atoms with Crippen molar-refractivity contribution in [1.82, 2.24) is 0 Å². The molecule has 0 amide bonds. The van der Waals surface area contributed by atoms with E-state index in [1.54, 1.807) is 18.2 Å². The molecule has 0 radical (unpaired) electrons. The van der Waals surface area contributed by atoms with Crippen LogP contribution in [0, 0.1) is 0 Å². The highest BCUT2D eigenvalue weighted by molar-refractivity contribution is 6.67. The van der Waals surface area contributed by atoms with Crippen LogP contribution >= 0.6 is 11.6 Å². The number of carbonyl (C=O) groups is 1. The number of benzene rings is 1. The van der Waals surface area contributed by atoms with Crippen LogP contribution in [-0.4, -0.2) is 5.24 Å². The summed E-state index contributed by atoms with van der Waals surface area (Å²) in [5.74, 6) is 0. The minimum absolute atomic E-state index is 0.433. The van der Waals surface area contributed by atoms with Gasteiger partial charge in [-0.15, -0.1) is 0 Å². The highest BCUT2D eigenvalue weighted by Crippen LogP contribution is 1.94. The van der Waals surface area contributed by atoms with Gasteiger partial charge in [-0.05, 0) is 35.0 Å². The van der Waals surface area contributed by atoms with Crippen molar-refractivity contribution in [2.45, 2.75) is 6.92 Å². The topological polar surface area (TPSA) is 17.1 Å². The summed E-state index contributed by atoms with van der Waals surface area (Å²) in [6.07, 6.45) is 5.40. The SMILES string of the molecule is C=C/C=c1/cccc(C(=O)Cl)/c1=C/C. The Bertz CT molecular complexity index is 472. The zero-order chi connectivity index (χ0) is 10.6. The maximum Gasteiger partial charge on any atom is 0.253 e. The van der Waals surface area contributed by atoms with Crippen LogP contribution in [0.5, 0.6) is 0 Å². The molecule has 0 N–H and O–H groups in total. The monoisotopic (exact) mass is 206 g/mol. The van der Waals surface area contributed by atoms with Gasteiger partial charge in [-0.1, -0.05) is 36.9 Å². The molecular weight excluding hydrogens is 196 g/mol. The quantitative estimate of drug-likeness (QED) is 0.675. The number of rotatable bonds is 2. The standard InChI is InChI=1S/C12H11ClO/c1-3-6-9-7-5-8-11(12(13)14)10(9)4-2/h3-8H,1H2,2H3/b9-6-,10-4+. The van der Waals surface area contributed by atoms with Gasteiger partial charge in [0.15, 0.2) is 0 Å². The third-order valence-electron chi connectivity index (χ3n) is 1.94. The van der Waals surface area contributed by atoms with E-state index < -0.39 is 5.24 Å². The zero-order valence-corrected chi connectivity index (χ0v) is 8.71. The van der Waals surface area contributed by atoms with Crippen molar-refractivity contribution in [3.05, 3.63) is 46.9 Å². The van der Waals surface area contributed by atoms with Crippen LogP contribution in [0.1, 0.15) is 17.3 Å². The Labute approximate surface area is 88.0 Å². The highest BCUT2D eigenvalue weighted by Gasteiger charge is 2.02. The minimum atomic E-state index is -0.433. The van der Waals surface area contributed by atoms with Crippen molar-refractivity contribution >= 4 is 29.0 Å². The summed E-state index contributed by atoms with van der Waals surface area (Å²) in [6.45, 7) is 5.49. The predicted molar refractivity (Wildman–Crippen MR) is 60.7 cm³/mol. The molecule has 0 atom stereocenters. The Morgan fingerprint density at radius 2 is 2.21 bits per heavy atom. The fourth-order valence-corrected chi connectivity index (χ4v) is 1.51. The van der Waals surface area contributed by atoms with Crippen molar-refractivity contribution < 1.29 is 4.79 Å². The van der Waals surface area contributed by atoms with Gasteiger partial charge < -0.3 is 0 Å². The van der Waals surface area contributed by atoms with Gasteiger partial charge in [0.05, 0.1) is 0 Å². The summed E-state index contributed by atoms with van der Waals surface area (Å²) in [5.41, 5.74) is 0.532. The highest BCUT2D eigenvalue weighted by atomic mass is 35.5. The first kappa shape index (κ1) is 10.7. The number of hydrogen-bond acceptors (Lipinski definition) is 1. The third-order valence-corrected chi connectivity index (χ3v) is 2.14. The summed E-state index contributed by atoms with van der Waals surface area (Å²) < 4.78 is 0. The van der Waals surface area contributed by atoms with E-state index in [2.05, 4.69) is 6.58 Å². The van der Waals surface area contributed by atoms with Crippen LogP contribution in [0.3, 0.4) is 0 Å². The van der Waals surface area contributed by atoms with E-state index in [1.165, 1.54) is 0 Å². The van der Waals surface area contributed by atoms with Gasteiger partial charge >= 0.3 is 0 Å². The normalized spacial score (nSPS) is 13.0. The van der Waals surface area contributed by atoms with Gasteiger partial charge in [-0.2, -0.15) is 0 Å². The molecule has 14 heavy (non-hydrogen) atoms. The van der Waals surface area contributed by atoms with E-state index in [4.69, 9.17) is 11.6 Å². The fourth-order valence-electron chi connectivity index (χ4n) is 1.35. The molecule has 0 fully saturated rings. The number of allylic oxidation sites excluding steroid dienone is 1. The lowest BCUT2D eigenvalue weighted by Crippen LogP contribution is -2.29. The van der Waals surface area contributed by atoms with E-state index >= 15 is 0 Å². The third kappa shape index (κ3) is 2.12. The molecule has 0 unspecified atom stereocenters. The van der Waals surface area contributed by atoms with Gasteiger partial charge in [0.1, 0.15) is 0 Å². The summed E-state index contributed by atoms with van der Waals surface area (Å²) in [5, 5.41) is 1.37. The van der Waals surface area contributed by atoms with Crippen LogP contribution in [-0.2, 0) is 0 Å². The Balaban J connectivity index is 3.66. The molecule has 2 heteroatoms. The molecule has 0 aromatic heterocycles. The predicted octanol–water partition coefficient (Wildman–Crippen LogP) is 1.83. The number of carbonyl (C=O) groups excluding carboxylic acids is 1. The van der Waals surface area contributed by atoms with E-state index in [9.17, 15) is 4.79 Å². The van der Waals surface area contributed by atoms with Crippen molar-refractivity contribution in [3.8, 4) is 0 Å². The summed E-state index contributed by atoms with van der Waals surface area (Å²) in [4.78, 5) is 11.1. The van der Waals surface area contributed by atoms with Crippen LogP contribution < -0.4 is 10.4 Å². The van der Waals surface area contributed by atoms with Crippen LogP contribution in [0.15, 0.2) is 30.9 Å². The van der Waals surface area contributed by atoms with Gasteiger partial charge in [0, 0.05) is 5.56 Å². The molecule has 0 aliphatic heterocycles. The van der Waals surface area contributed by atoms with Gasteiger partial charge in [-0.3, -0.25) is 4.79 Å². The second-order valence-corrected chi connectivity index (χ2v) is 3.12. The van der Waals surface area contributed by atoms with Crippen molar-refractivity contribution in [3.63, 3.8) is 0 Å². The van der Waals surface area contributed by atoms with Gasteiger partial charge in [0.2, 0.25) is 0 Å². The van der Waals surface area contributed by atoms with Crippen LogP contribution in [0.4, 0.5) is 0 Å². The first-order valence-electron chi connectivity index (χ1n) is 4.28. The summed E-state index contributed by atoms with van der Waals surface area (Å²) in [7, 11) is 0. The molecular formula is C12H11ClO. The molecule has 1 nitrogen and oxygen atoms in total. The van der Waals surface area contributed by atoms with E-state index in [0.29, 0.717) is 5.56 Å². The van der Waals surface area contributed by atoms with Crippen molar-refractivity contribution in [1.29, 1.82) is 0 Å². The second kappa shape index (κ2) is 4.77. The maximum atomic E-state index is 11.1. The molecule has 0 spiro atoms. The molecule has 0 aliphatic carbocycles. The van der Waals surface area contributed by atoms with Crippen molar-refractivity contribution in [2.24, 2.45) is 0 Å². The average Bonchev–Trinajstić information content (AvgIpc) is 2.18. The lowest BCUT2D eigenvalue weighted by Gasteiger charge is -1.96. The fraction of sp³-hybridized carbons (Fsp3) is 0.0833. The first-order chi connectivity index (χ1) is 6.70. The average molecular weight is 207 g/mol. The maximum absolute atomic E-state index is 11.1. The van der Waals surface area contributed by atoms with Crippen molar-refractivity contribution in [2.75, 3.05) is 0 Å². The molecule has 1 aromatic rings. The zero-order valence-electron chi connectivity index (χ0n) is 7.96. The van der Waals surface area contributed by atoms with Crippen LogP contribution in [0.25, 0.3) is 12.2 Å². The molecule has 0 saturated heterocycles. The Morgan fingerprint density at radius 3 is 2.71 bits per heavy atom. The number of halogens is 1. The molecule has 1 aromatic carbocycles. The largest absolute Gasteiger partial charge is 0.276 e. The molecule has 0 heterocycles. The summed E-state index contributed by atoms with van der Waals surface area (Å²) >= 11 is 5.46. The lowest BCUT2D eigenvalue weighted by molar-refractivity contribution is 0.108. The van der Waals surface area contributed by atoms with Gasteiger partial charge in [-0.25, -0.2) is 0 Å². The minimum Gasteiger partial charge on any atom is -0.276 e. The first-order valence-corrected chi connectivity index (χ1v) is 4.66. The molecule has 72 valence electrons. The van der Waals surface area contributed by atoms with Crippen LogP contribution in [0.2, 0.25) is 0 Å². The Kier molecular flexibility index (Phi) is 3.66.